The van der Waals surface area contributed by atoms with E-state index < -0.39 is 5.97 Å². The summed E-state index contributed by atoms with van der Waals surface area (Å²) < 4.78 is 10.2. The third kappa shape index (κ3) is 2.79. The Morgan fingerprint density at radius 3 is 2.50 bits per heavy atom. The van der Waals surface area contributed by atoms with Gasteiger partial charge in [-0.05, 0) is 12.5 Å². The zero-order valence-corrected chi connectivity index (χ0v) is 9.19. The summed E-state index contributed by atoms with van der Waals surface area (Å²) in [7, 11) is 2.93. The van der Waals surface area contributed by atoms with Crippen LogP contribution in [0.5, 0.6) is 17.2 Å². The molecule has 16 heavy (non-hydrogen) atoms. The Morgan fingerprint density at radius 2 is 2.00 bits per heavy atom. The lowest BCUT2D eigenvalue weighted by atomic mass is 10.1. The van der Waals surface area contributed by atoms with Crippen molar-refractivity contribution in [2.24, 2.45) is 0 Å². The molecule has 0 unspecified atom stereocenters. The molecule has 0 amide bonds. The van der Waals surface area contributed by atoms with Gasteiger partial charge in [0.05, 0.1) is 14.2 Å². The summed E-state index contributed by atoms with van der Waals surface area (Å²) >= 11 is 0. The zero-order valence-electron chi connectivity index (χ0n) is 9.19. The second-order valence-electron chi connectivity index (χ2n) is 3.23. The van der Waals surface area contributed by atoms with E-state index in [0.29, 0.717) is 17.1 Å². The standard InChI is InChI=1S/C11H14O5/c1-15-9-6-8(12)5-7(11(9)16-2)3-4-10(13)14/h5-6,12H,3-4H2,1-2H3,(H,13,14). The van der Waals surface area contributed by atoms with Crippen LogP contribution in [0.15, 0.2) is 12.1 Å². The van der Waals surface area contributed by atoms with Crippen molar-refractivity contribution >= 4 is 5.97 Å². The number of aliphatic carboxylic acids is 1. The normalized spacial score (nSPS) is 9.88. The first-order chi connectivity index (χ1) is 7.58. The predicted molar refractivity (Wildman–Crippen MR) is 57.2 cm³/mol. The molecule has 0 aromatic heterocycles. The number of carbonyl (C=O) groups is 1. The van der Waals surface area contributed by atoms with Crippen LogP contribution in [0.2, 0.25) is 0 Å². The van der Waals surface area contributed by atoms with E-state index in [1.165, 1.54) is 26.4 Å². The first-order valence-electron chi connectivity index (χ1n) is 4.74. The SMILES string of the molecule is COc1cc(O)cc(CCC(=O)O)c1OC. The number of phenolic OH excluding ortho intramolecular Hbond substituents is 1. The van der Waals surface area contributed by atoms with Gasteiger partial charge in [-0.3, -0.25) is 4.79 Å². The maximum absolute atomic E-state index is 10.5. The molecule has 2 N–H and O–H groups in total. The number of rotatable bonds is 5. The van der Waals surface area contributed by atoms with Gasteiger partial charge in [0, 0.05) is 18.1 Å². The maximum Gasteiger partial charge on any atom is 0.303 e. The molecule has 0 radical (unpaired) electrons. The summed E-state index contributed by atoms with van der Waals surface area (Å²) in [5, 5.41) is 18.0. The van der Waals surface area contributed by atoms with Crippen molar-refractivity contribution < 1.29 is 24.5 Å². The minimum absolute atomic E-state index is 0.0248. The van der Waals surface area contributed by atoms with Crippen LogP contribution in [0, 0.1) is 0 Å². The van der Waals surface area contributed by atoms with Gasteiger partial charge in [0.1, 0.15) is 5.75 Å². The molecule has 0 aliphatic heterocycles. The molecule has 0 fully saturated rings. The fourth-order valence-corrected chi connectivity index (χ4v) is 1.45. The van der Waals surface area contributed by atoms with Crippen LogP contribution in [-0.2, 0) is 11.2 Å². The lowest BCUT2D eigenvalue weighted by Gasteiger charge is -2.12. The number of hydrogen-bond donors (Lipinski definition) is 2. The second-order valence-corrected chi connectivity index (χ2v) is 3.23. The summed E-state index contributed by atoms with van der Waals surface area (Å²) in [6.45, 7) is 0. The van der Waals surface area contributed by atoms with E-state index >= 15 is 0 Å². The molecule has 0 aliphatic rings. The molecule has 1 rings (SSSR count). The highest BCUT2D eigenvalue weighted by Gasteiger charge is 2.13. The average molecular weight is 226 g/mol. The number of carboxylic acid groups (broad SMARTS) is 1. The molecule has 0 aliphatic carbocycles. The molecule has 88 valence electrons. The van der Waals surface area contributed by atoms with E-state index in [1.807, 2.05) is 0 Å². The second kappa shape index (κ2) is 5.25. The topological polar surface area (TPSA) is 76.0 Å². The molecule has 5 nitrogen and oxygen atoms in total. The number of aromatic hydroxyl groups is 1. The van der Waals surface area contributed by atoms with Crippen LogP contribution in [0.1, 0.15) is 12.0 Å². The lowest BCUT2D eigenvalue weighted by molar-refractivity contribution is -0.136. The van der Waals surface area contributed by atoms with Gasteiger partial charge in [0.15, 0.2) is 11.5 Å². The average Bonchev–Trinajstić information content (AvgIpc) is 2.25. The Balaban J connectivity index is 3.04. The number of methoxy groups -OCH3 is 2. The van der Waals surface area contributed by atoms with Crippen LogP contribution in [-0.4, -0.2) is 30.4 Å². The number of ether oxygens (including phenoxy) is 2. The monoisotopic (exact) mass is 226 g/mol. The van der Waals surface area contributed by atoms with E-state index in [-0.39, 0.29) is 18.6 Å². The van der Waals surface area contributed by atoms with E-state index in [1.54, 1.807) is 0 Å². The quantitative estimate of drug-likeness (QED) is 0.794. The van der Waals surface area contributed by atoms with Gasteiger partial charge in [-0.25, -0.2) is 0 Å². The molecule has 0 bridgehead atoms. The molecule has 0 spiro atoms. The van der Waals surface area contributed by atoms with Gasteiger partial charge < -0.3 is 19.7 Å². The van der Waals surface area contributed by atoms with Gasteiger partial charge in [0.2, 0.25) is 0 Å². The molecular weight excluding hydrogens is 212 g/mol. The highest BCUT2D eigenvalue weighted by atomic mass is 16.5. The Hall–Kier alpha value is -1.91. The minimum Gasteiger partial charge on any atom is -0.508 e. The summed E-state index contributed by atoms with van der Waals surface area (Å²) in [6.07, 6.45) is 0.256. The Labute approximate surface area is 93.2 Å². The molecular formula is C11H14O5. The van der Waals surface area contributed by atoms with Crippen molar-refractivity contribution in [2.45, 2.75) is 12.8 Å². The van der Waals surface area contributed by atoms with Crippen molar-refractivity contribution in [1.82, 2.24) is 0 Å². The number of carboxylic acids is 1. The number of aryl methyl sites for hydroxylation is 1. The van der Waals surface area contributed by atoms with Gasteiger partial charge in [-0.1, -0.05) is 0 Å². The number of hydrogen-bond acceptors (Lipinski definition) is 4. The molecule has 0 saturated carbocycles. The van der Waals surface area contributed by atoms with Crippen LogP contribution < -0.4 is 9.47 Å². The summed E-state index contributed by atoms with van der Waals surface area (Å²) in [6, 6.07) is 2.90. The van der Waals surface area contributed by atoms with Crippen molar-refractivity contribution in [1.29, 1.82) is 0 Å². The smallest absolute Gasteiger partial charge is 0.303 e. The lowest BCUT2D eigenvalue weighted by Crippen LogP contribution is -2.01. The van der Waals surface area contributed by atoms with Crippen LogP contribution in [0.4, 0.5) is 0 Å². The van der Waals surface area contributed by atoms with Crippen LogP contribution >= 0.6 is 0 Å². The molecule has 1 aromatic carbocycles. The van der Waals surface area contributed by atoms with Crippen LogP contribution in [0.25, 0.3) is 0 Å². The maximum atomic E-state index is 10.5. The minimum atomic E-state index is -0.899. The van der Waals surface area contributed by atoms with Gasteiger partial charge >= 0.3 is 5.97 Å². The van der Waals surface area contributed by atoms with Crippen molar-refractivity contribution in [2.75, 3.05) is 14.2 Å². The van der Waals surface area contributed by atoms with E-state index in [0.717, 1.165) is 0 Å². The molecule has 1 aromatic rings. The molecule has 0 atom stereocenters. The van der Waals surface area contributed by atoms with Crippen molar-refractivity contribution in [3.05, 3.63) is 17.7 Å². The summed E-state index contributed by atoms with van der Waals surface area (Å²) in [5.74, 6) is -0.0214. The Bertz CT molecular complexity index is 386. The largest absolute Gasteiger partial charge is 0.508 e. The molecule has 0 heterocycles. The Morgan fingerprint density at radius 1 is 1.31 bits per heavy atom. The number of benzene rings is 1. The van der Waals surface area contributed by atoms with Gasteiger partial charge in [0.25, 0.3) is 0 Å². The highest BCUT2D eigenvalue weighted by Crippen LogP contribution is 2.35. The third-order valence-electron chi connectivity index (χ3n) is 2.15. The zero-order chi connectivity index (χ0) is 12.1. The third-order valence-corrected chi connectivity index (χ3v) is 2.15. The first kappa shape index (κ1) is 12.2. The number of phenols is 1. The predicted octanol–water partition coefficient (Wildman–Crippen LogP) is 1.43. The molecule has 0 saturated heterocycles. The fraction of sp³-hybridized carbons (Fsp3) is 0.364. The van der Waals surface area contributed by atoms with Crippen molar-refractivity contribution in [3.8, 4) is 17.2 Å². The van der Waals surface area contributed by atoms with E-state index in [9.17, 15) is 9.90 Å². The first-order valence-corrected chi connectivity index (χ1v) is 4.74. The highest BCUT2D eigenvalue weighted by molar-refractivity contribution is 5.67. The summed E-state index contributed by atoms with van der Waals surface area (Å²) in [5.41, 5.74) is 0.613. The molecule has 5 heteroatoms. The van der Waals surface area contributed by atoms with E-state index in [4.69, 9.17) is 14.6 Å². The Kier molecular flexibility index (Phi) is 3.99. The fourth-order valence-electron chi connectivity index (χ4n) is 1.45. The van der Waals surface area contributed by atoms with Gasteiger partial charge in [-0.15, -0.1) is 0 Å². The van der Waals surface area contributed by atoms with Crippen LogP contribution in [0.3, 0.4) is 0 Å². The van der Waals surface area contributed by atoms with Crippen molar-refractivity contribution in [3.63, 3.8) is 0 Å². The summed E-state index contributed by atoms with van der Waals surface area (Å²) in [4.78, 5) is 10.5. The van der Waals surface area contributed by atoms with Gasteiger partial charge in [-0.2, -0.15) is 0 Å². The van der Waals surface area contributed by atoms with E-state index in [2.05, 4.69) is 0 Å².